The minimum Gasteiger partial charge on any atom is -0.464 e. The van der Waals surface area contributed by atoms with Gasteiger partial charge in [0.2, 0.25) is 5.91 Å². The summed E-state index contributed by atoms with van der Waals surface area (Å²) in [7, 11) is -3.15. The number of nitrogens with zero attached hydrogens (tertiary/aromatic N) is 2. The highest BCUT2D eigenvalue weighted by molar-refractivity contribution is 8.26. The highest BCUT2D eigenvalue weighted by atomic mass is 32.2. The van der Waals surface area contributed by atoms with Gasteiger partial charge in [-0.2, -0.15) is 0 Å². The predicted octanol–water partition coefficient (Wildman–Crippen LogP) is 4.09. The van der Waals surface area contributed by atoms with Gasteiger partial charge in [-0.1, -0.05) is 53.8 Å². The maximum Gasteiger partial charge on any atom is 0.266 e. The Morgan fingerprint density at radius 2 is 1.97 bits per heavy atom. The topological polar surface area (TPSA) is 87.9 Å². The first-order valence-electron chi connectivity index (χ1n) is 11.5. The summed E-state index contributed by atoms with van der Waals surface area (Å²) in [6.45, 7) is 4.39. The number of benzene rings is 1. The lowest BCUT2D eigenvalue weighted by molar-refractivity contribution is -0.134. The highest BCUT2D eigenvalue weighted by Gasteiger charge is 2.36. The van der Waals surface area contributed by atoms with Gasteiger partial charge in [0.1, 0.15) is 15.8 Å². The van der Waals surface area contributed by atoms with Crippen molar-refractivity contribution in [2.75, 3.05) is 18.1 Å². The third kappa shape index (κ3) is 6.42. The van der Waals surface area contributed by atoms with Gasteiger partial charge < -0.3 is 9.32 Å². The summed E-state index contributed by atoms with van der Waals surface area (Å²) in [5.74, 6) is 1.11. The van der Waals surface area contributed by atoms with Gasteiger partial charge in [0.05, 0.1) is 23.0 Å². The summed E-state index contributed by atoms with van der Waals surface area (Å²) >= 11 is 6.68. The molecule has 0 spiro atoms. The molecule has 0 saturated carbocycles. The van der Waals surface area contributed by atoms with Gasteiger partial charge in [0, 0.05) is 19.0 Å². The minimum absolute atomic E-state index is 0.0308. The van der Waals surface area contributed by atoms with E-state index >= 15 is 0 Å². The smallest absolute Gasteiger partial charge is 0.266 e. The molecule has 2 amide bonds. The summed E-state index contributed by atoms with van der Waals surface area (Å²) in [6.07, 6.45) is 2.87. The molecule has 2 aromatic rings. The Labute approximate surface area is 215 Å². The van der Waals surface area contributed by atoms with E-state index < -0.39 is 9.84 Å². The molecule has 0 N–H and O–H groups in total. The van der Waals surface area contributed by atoms with E-state index in [1.54, 1.807) is 11.0 Å². The van der Waals surface area contributed by atoms with E-state index in [4.69, 9.17) is 16.6 Å². The van der Waals surface area contributed by atoms with Gasteiger partial charge in [0.25, 0.3) is 5.91 Å². The van der Waals surface area contributed by atoms with E-state index in [9.17, 15) is 18.0 Å². The summed E-state index contributed by atoms with van der Waals surface area (Å²) in [5, 5.41) is 0. The van der Waals surface area contributed by atoms with Gasteiger partial charge in [-0.15, -0.1) is 0 Å². The molecule has 2 aliphatic rings. The number of thiocarbonyl (C=S) groups is 1. The molecule has 7 nitrogen and oxygen atoms in total. The van der Waals surface area contributed by atoms with Crippen molar-refractivity contribution in [2.24, 2.45) is 0 Å². The Morgan fingerprint density at radius 1 is 1.23 bits per heavy atom. The Morgan fingerprint density at radius 3 is 2.60 bits per heavy atom. The van der Waals surface area contributed by atoms with Crippen LogP contribution in [-0.4, -0.2) is 58.4 Å². The molecule has 35 heavy (non-hydrogen) atoms. The van der Waals surface area contributed by atoms with E-state index in [1.807, 2.05) is 50.3 Å². The fraction of sp³-hybridized carbons (Fsp3) is 0.400. The van der Waals surface area contributed by atoms with Crippen LogP contribution in [0.2, 0.25) is 0 Å². The Balaban J connectivity index is 1.38. The van der Waals surface area contributed by atoms with Crippen molar-refractivity contribution < 1.29 is 22.4 Å². The summed E-state index contributed by atoms with van der Waals surface area (Å²) in [5.41, 5.74) is 2.08. The Hall–Kier alpha value is -2.43. The van der Waals surface area contributed by atoms with Crippen LogP contribution in [0, 0.1) is 13.8 Å². The van der Waals surface area contributed by atoms with Gasteiger partial charge >= 0.3 is 0 Å². The molecule has 2 aliphatic heterocycles. The van der Waals surface area contributed by atoms with Crippen LogP contribution in [0.1, 0.15) is 41.9 Å². The Bertz CT molecular complexity index is 1260. The van der Waals surface area contributed by atoms with Crippen molar-refractivity contribution >= 4 is 56.0 Å². The van der Waals surface area contributed by atoms with E-state index in [1.165, 1.54) is 16.7 Å². The zero-order valence-electron chi connectivity index (χ0n) is 19.7. The highest BCUT2D eigenvalue weighted by Crippen LogP contribution is 2.33. The number of furan rings is 1. The van der Waals surface area contributed by atoms with E-state index in [-0.39, 0.29) is 42.3 Å². The normalized spacial score (nSPS) is 20.7. The van der Waals surface area contributed by atoms with Crippen molar-refractivity contribution in [1.82, 2.24) is 9.80 Å². The monoisotopic (exact) mass is 532 g/mol. The van der Waals surface area contributed by atoms with Crippen LogP contribution in [0.3, 0.4) is 0 Å². The lowest BCUT2D eigenvalue weighted by Crippen LogP contribution is -2.41. The quantitative estimate of drug-likeness (QED) is 0.374. The largest absolute Gasteiger partial charge is 0.464 e. The van der Waals surface area contributed by atoms with Gasteiger partial charge in [-0.3, -0.25) is 14.5 Å². The first-order chi connectivity index (χ1) is 16.6. The number of hydrogen-bond donors (Lipinski definition) is 0. The van der Waals surface area contributed by atoms with E-state index in [2.05, 4.69) is 0 Å². The molecule has 0 bridgehead atoms. The molecule has 2 fully saturated rings. The van der Waals surface area contributed by atoms with Crippen LogP contribution >= 0.6 is 24.0 Å². The maximum absolute atomic E-state index is 13.2. The second kappa shape index (κ2) is 10.7. The molecule has 2 saturated heterocycles. The average Bonchev–Trinajstić information content (AvgIpc) is 3.46. The molecule has 1 aromatic heterocycles. The summed E-state index contributed by atoms with van der Waals surface area (Å²) in [6, 6.07) is 11.2. The first-order valence-corrected chi connectivity index (χ1v) is 14.5. The van der Waals surface area contributed by atoms with Crippen molar-refractivity contribution in [1.29, 1.82) is 0 Å². The van der Waals surface area contributed by atoms with Crippen LogP contribution in [-0.2, 0) is 26.0 Å². The lowest BCUT2D eigenvalue weighted by Gasteiger charge is -2.28. The van der Waals surface area contributed by atoms with Crippen molar-refractivity contribution in [3.8, 4) is 0 Å². The molecular formula is C25H28N2O5S3. The van der Waals surface area contributed by atoms with Crippen LogP contribution in [0.25, 0.3) is 6.08 Å². The van der Waals surface area contributed by atoms with Crippen LogP contribution in [0.4, 0.5) is 0 Å². The van der Waals surface area contributed by atoms with E-state index in [0.29, 0.717) is 34.4 Å². The van der Waals surface area contributed by atoms with Gasteiger partial charge in [-0.05, 0) is 50.5 Å². The average molecular weight is 533 g/mol. The summed E-state index contributed by atoms with van der Waals surface area (Å²) in [4.78, 5) is 29.8. The lowest BCUT2D eigenvalue weighted by atomic mass is 10.1. The molecule has 1 aromatic carbocycles. The molecule has 4 rings (SSSR count). The molecular weight excluding hydrogens is 504 g/mol. The molecule has 1 unspecified atom stereocenters. The standard InChI is InChI=1S/C25H28N2O5S3/c1-17-5-8-19(9-6-17)14-22-24(29)26(25(33)34-22)12-3-4-23(28)27(15-21-10-7-18(2)32-21)20-11-13-35(30,31)16-20/h5-10,14,20H,3-4,11-13,15-16H2,1-2H3/b22-14-. The number of rotatable bonds is 8. The number of carbonyl (C=O) groups is 2. The third-order valence-corrected chi connectivity index (χ3v) is 9.24. The fourth-order valence-electron chi connectivity index (χ4n) is 4.22. The van der Waals surface area contributed by atoms with Gasteiger partial charge in [-0.25, -0.2) is 8.42 Å². The molecule has 0 aliphatic carbocycles. The number of thioether (sulfide) groups is 1. The molecule has 1 atom stereocenters. The second-order valence-electron chi connectivity index (χ2n) is 8.94. The first kappa shape index (κ1) is 25.7. The van der Waals surface area contributed by atoms with Crippen LogP contribution in [0.15, 0.2) is 45.7 Å². The van der Waals surface area contributed by atoms with Crippen LogP contribution in [0.5, 0.6) is 0 Å². The van der Waals surface area contributed by atoms with Crippen LogP contribution < -0.4 is 0 Å². The SMILES string of the molecule is Cc1ccc(/C=C2\SC(=S)N(CCCC(=O)N(Cc3ccc(C)o3)C3CCS(=O)(=O)C3)C2=O)cc1. The summed E-state index contributed by atoms with van der Waals surface area (Å²) < 4.78 is 30.2. The number of hydrogen-bond acceptors (Lipinski definition) is 7. The van der Waals surface area contributed by atoms with Crippen molar-refractivity contribution in [3.05, 3.63) is 64.0 Å². The number of amides is 2. The minimum atomic E-state index is -3.15. The number of carbonyl (C=O) groups excluding carboxylic acids is 2. The number of sulfone groups is 1. The molecule has 0 radical (unpaired) electrons. The second-order valence-corrected chi connectivity index (χ2v) is 12.8. The van der Waals surface area contributed by atoms with Crippen molar-refractivity contribution in [2.45, 2.75) is 45.7 Å². The number of aryl methyl sites for hydroxylation is 2. The molecule has 10 heteroatoms. The molecule has 186 valence electrons. The Kier molecular flexibility index (Phi) is 7.83. The zero-order chi connectivity index (χ0) is 25.2. The molecule has 3 heterocycles. The van der Waals surface area contributed by atoms with E-state index in [0.717, 1.165) is 16.9 Å². The maximum atomic E-state index is 13.2. The fourth-order valence-corrected chi connectivity index (χ4v) is 7.26. The predicted molar refractivity (Wildman–Crippen MR) is 141 cm³/mol. The third-order valence-electron chi connectivity index (χ3n) is 6.11. The zero-order valence-corrected chi connectivity index (χ0v) is 22.2. The van der Waals surface area contributed by atoms with Crippen molar-refractivity contribution in [3.63, 3.8) is 0 Å². The van der Waals surface area contributed by atoms with Gasteiger partial charge in [0.15, 0.2) is 9.84 Å².